The first-order chi connectivity index (χ1) is 11.6. The third kappa shape index (κ3) is 5.20. The van der Waals surface area contributed by atoms with Crippen molar-refractivity contribution in [3.05, 3.63) is 65.5 Å². The standard InChI is InChI=1S/C17H16FN3O3/c1-19-16(22)17(23)21-20-10-13-3-2-4-15(9-13)24-11-12-5-7-14(18)8-6-12/h2-10H,11H2,1H3,(H,19,22)(H,21,23)/b20-10-. The Kier molecular flexibility index (Phi) is 6.01. The summed E-state index contributed by atoms with van der Waals surface area (Å²) in [5.41, 5.74) is 3.63. The summed E-state index contributed by atoms with van der Waals surface area (Å²) < 4.78 is 18.5. The van der Waals surface area contributed by atoms with E-state index in [1.807, 2.05) is 0 Å². The van der Waals surface area contributed by atoms with Crippen LogP contribution in [0.15, 0.2) is 53.6 Å². The lowest BCUT2D eigenvalue weighted by atomic mass is 10.2. The van der Waals surface area contributed by atoms with Crippen LogP contribution in [0, 0.1) is 5.82 Å². The minimum Gasteiger partial charge on any atom is -0.489 e. The third-order valence-corrected chi connectivity index (χ3v) is 2.99. The van der Waals surface area contributed by atoms with Gasteiger partial charge in [0.1, 0.15) is 18.2 Å². The monoisotopic (exact) mass is 329 g/mol. The smallest absolute Gasteiger partial charge is 0.329 e. The summed E-state index contributed by atoms with van der Waals surface area (Å²) in [6.07, 6.45) is 1.39. The highest BCUT2D eigenvalue weighted by Crippen LogP contribution is 2.14. The van der Waals surface area contributed by atoms with Crippen LogP contribution in [0.25, 0.3) is 0 Å². The summed E-state index contributed by atoms with van der Waals surface area (Å²) in [7, 11) is 1.35. The van der Waals surface area contributed by atoms with Gasteiger partial charge in [0.2, 0.25) is 0 Å². The number of ether oxygens (including phenoxy) is 1. The number of nitrogens with zero attached hydrogens (tertiary/aromatic N) is 1. The van der Waals surface area contributed by atoms with Crippen LogP contribution in [0.1, 0.15) is 11.1 Å². The van der Waals surface area contributed by atoms with Crippen molar-refractivity contribution in [2.45, 2.75) is 6.61 Å². The summed E-state index contributed by atoms with van der Waals surface area (Å²) in [5.74, 6) is -1.32. The number of carbonyl (C=O) groups is 2. The molecule has 0 radical (unpaired) electrons. The van der Waals surface area contributed by atoms with Gasteiger partial charge in [-0.05, 0) is 35.4 Å². The van der Waals surface area contributed by atoms with Crippen molar-refractivity contribution in [1.82, 2.24) is 10.7 Å². The lowest BCUT2D eigenvalue weighted by molar-refractivity contribution is -0.138. The van der Waals surface area contributed by atoms with E-state index in [0.29, 0.717) is 17.9 Å². The van der Waals surface area contributed by atoms with Gasteiger partial charge in [0.05, 0.1) is 6.21 Å². The molecule has 0 unspecified atom stereocenters. The fourth-order valence-electron chi connectivity index (χ4n) is 1.76. The molecular weight excluding hydrogens is 313 g/mol. The van der Waals surface area contributed by atoms with Gasteiger partial charge >= 0.3 is 11.8 Å². The van der Waals surface area contributed by atoms with Gasteiger partial charge in [-0.1, -0.05) is 24.3 Å². The average Bonchev–Trinajstić information content (AvgIpc) is 2.61. The highest BCUT2D eigenvalue weighted by atomic mass is 19.1. The molecule has 0 aliphatic rings. The van der Waals surface area contributed by atoms with Crippen molar-refractivity contribution in [2.24, 2.45) is 5.10 Å². The van der Waals surface area contributed by atoms with E-state index in [-0.39, 0.29) is 5.82 Å². The number of benzene rings is 2. The second-order valence-electron chi connectivity index (χ2n) is 4.77. The largest absolute Gasteiger partial charge is 0.489 e. The van der Waals surface area contributed by atoms with Gasteiger partial charge < -0.3 is 10.1 Å². The van der Waals surface area contributed by atoms with Crippen LogP contribution in [0.5, 0.6) is 5.75 Å². The van der Waals surface area contributed by atoms with Gasteiger partial charge in [0, 0.05) is 7.05 Å². The molecule has 7 heteroatoms. The Morgan fingerprint density at radius 2 is 1.92 bits per heavy atom. The van der Waals surface area contributed by atoms with E-state index in [0.717, 1.165) is 5.56 Å². The van der Waals surface area contributed by atoms with Crippen molar-refractivity contribution in [3.63, 3.8) is 0 Å². The van der Waals surface area contributed by atoms with Crippen molar-refractivity contribution in [2.75, 3.05) is 7.05 Å². The fraction of sp³-hybridized carbons (Fsp3) is 0.118. The van der Waals surface area contributed by atoms with Crippen molar-refractivity contribution >= 4 is 18.0 Å². The molecule has 0 fully saturated rings. The normalized spacial score (nSPS) is 10.4. The van der Waals surface area contributed by atoms with Gasteiger partial charge in [-0.3, -0.25) is 9.59 Å². The molecule has 124 valence electrons. The van der Waals surface area contributed by atoms with Crippen LogP contribution < -0.4 is 15.5 Å². The Morgan fingerprint density at radius 1 is 1.17 bits per heavy atom. The van der Waals surface area contributed by atoms with Crippen LogP contribution >= 0.6 is 0 Å². The Labute approximate surface area is 138 Å². The Hall–Kier alpha value is -3.22. The SMILES string of the molecule is CNC(=O)C(=O)N/N=C\c1cccc(OCc2ccc(F)cc2)c1. The first kappa shape index (κ1) is 17.1. The zero-order valence-electron chi connectivity index (χ0n) is 13.0. The molecule has 2 N–H and O–H groups in total. The Balaban J connectivity index is 1.92. The number of rotatable bonds is 5. The fourth-order valence-corrected chi connectivity index (χ4v) is 1.76. The van der Waals surface area contributed by atoms with Crippen molar-refractivity contribution in [1.29, 1.82) is 0 Å². The summed E-state index contributed by atoms with van der Waals surface area (Å²) in [4.78, 5) is 22.2. The topological polar surface area (TPSA) is 79.8 Å². The lowest BCUT2D eigenvalue weighted by Crippen LogP contribution is -2.35. The molecule has 0 atom stereocenters. The predicted octanol–water partition coefficient (Wildman–Crippen LogP) is 1.60. The second kappa shape index (κ2) is 8.42. The van der Waals surface area contributed by atoms with E-state index < -0.39 is 11.8 Å². The first-order valence-electron chi connectivity index (χ1n) is 7.11. The van der Waals surface area contributed by atoms with Gasteiger partial charge in [0.15, 0.2) is 0 Å². The molecule has 24 heavy (non-hydrogen) atoms. The van der Waals surface area contributed by atoms with E-state index >= 15 is 0 Å². The van der Waals surface area contributed by atoms with E-state index in [2.05, 4.69) is 15.8 Å². The molecule has 0 aromatic heterocycles. The summed E-state index contributed by atoms with van der Waals surface area (Å²) in [5, 5.41) is 5.89. The molecule has 2 rings (SSSR count). The van der Waals surface area contributed by atoms with Gasteiger partial charge in [-0.15, -0.1) is 0 Å². The summed E-state index contributed by atoms with van der Waals surface area (Å²) in [6, 6.07) is 13.1. The molecule has 0 spiro atoms. The molecule has 0 saturated carbocycles. The molecule has 2 amide bonds. The van der Waals surface area contributed by atoms with Crippen LogP contribution in [0.3, 0.4) is 0 Å². The van der Waals surface area contributed by atoms with Gasteiger partial charge in [-0.2, -0.15) is 5.10 Å². The highest BCUT2D eigenvalue weighted by molar-refractivity contribution is 6.34. The van der Waals surface area contributed by atoms with E-state index in [1.54, 1.807) is 36.4 Å². The number of hydrogen-bond donors (Lipinski definition) is 2. The predicted molar refractivity (Wildman–Crippen MR) is 87.0 cm³/mol. The number of halogens is 1. The van der Waals surface area contributed by atoms with E-state index in [9.17, 15) is 14.0 Å². The van der Waals surface area contributed by atoms with Gasteiger partial charge in [0.25, 0.3) is 0 Å². The minimum absolute atomic E-state index is 0.296. The maximum absolute atomic E-state index is 12.8. The zero-order chi connectivity index (χ0) is 17.4. The maximum Gasteiger partial charge on any atom is 0.329 e. The number of nitrogens with one attached hydrogen (secondary N) is 2. The molecule has 0 aliphatic heterocycles. The quantitative estimate of drug-likeness (QED) is 0.497. The first-order valence-corrected chi connectivity index (χ1v) is 7.11. The summed E-state index contributed by atoms with van der Waals surface area (Å²) in [6.45, 7) is 0.300. The van der Waals surface area contributed by atoms with Crippen LogP contribution in [-0.4, -0.2) is 25.1 Å². The Bertz CT molecular complexity index is 745. The average molecular weight is 329 g/mol. The number of likely N-dealkylation sites (N-methyl/N-ethyl adjacent to an activating group) is 1. The van der Waals surface area contributed by atoms with Crippen LogP contribution in [0.2, 0.25) is 0 Å². The molecule has 6 nitrogen and oxygen atoms in total. The molecule has 0 saturated heterocycles. The van der Waals surface area contributed by atoms with Crippen molar-refractivity contribution in [3.8, 4) is 5.75 Å². The summed E-state index contributed by atoms with van der Waals surface area (Å²) >= 11 is 0. The maximum atomic E-state index is 12.8. The molecule has 0 heterocycles. The lowest BCUT2D eigenvalue weighted by Gasteiger charge is -2.07. The molecule has 0 bridgehead atoms. The number of amides is 2. The second-order valence-corrected chi connectivity index (χ2v) is 4.77. The Morgan fingerprint density at radius 3 is 2.62 bits per heavy atom. The molecular formula is C17H16FN3O3. The molecule has 0 aliphatic carbocycles. The van der Waals surface area contributed by atoms with Gasteiger partial charge in [-0.25, -0.2) is 9.82 Å². The van der Waals surface area contributed by atoms with Crippen LogP contribution in [0.4, 0.5) is 4.39 Å². The zero-order valence-corrected chi connectivity index (χ0v) is 13.0. The van der Waals surface area contributed by atoms with Crippen molar-refractivity contribution < 1.29 is 18.7 Å². The number of hydrazone groups is 1. The highest BCUT2D eigenvalue weighted by Gasteiger charge is 2.08. The minimum atomic E-state index is -0.850. The molecule has 2 aromatic carbocycles. The number of hydrogen-bond acceptors (Lipinski definition) is 4. The number of carbonyl (C=O) groups excluding carboxylic acids is 2. The third-order valence-electron chi connectivity index (χ3n) is 2.99. The molecule has 2 aromatic rings. The van der Waals surface area contributed by atoms with Crippen LogP contribution in [-0.2, 0) is 16.2 Å². The van der Waals surface area contributed by atoms with E-state index in [1.165, 1.54) is 25.4 Å². The van der Waals surface area contributed by atoms with E-state index in [4.69, 9.17) is 4.74 Å².